The van der Waals surface area contributed by atoms with E-state index in [1.54, 1.807) is 0 Å². The van der Waals surface area contributed by atoms with Gasteiger partial charge in [-0.2, -0.15) is 0 Å². The number of pyridine rings is 1. The number of nitrogens with zero attached hydrogens (tertiary/aromatic N) is 1. The molecule has 1 aromatic rings. The van der Waals surface area contributed by atoms with Gasteiger partial charge in [-0.25, -0.2) is 13.2 Å². The van der Waals surface area contributed by atoms with Crippen LogP contribution in [0.4, 0.5) is 13.2 Å². The van der Waals surface area contributed by atoms with E-state index in [-0.39, 0.29) is 3.57 Å². The van der Waals surface area contributed by atoms with Crippen LogP contribution in [0.1, 0.15) is 12.1 Å². The fourth-order valence-corrected chi connectivity index (χ4v) is 1.27. The molecule has 1 heterocycles. The topological polar surface area (TPSA) is 33.1 Å². The third kappa shape index (κ3) is 1.62. The minimum absolute atomic E-state index is 0.345. The van der Waals surface area contributed by atoms with Crippen molar-refractivity contribution in [3.05, 3.63) is 21.3 Å². The second-order valence-corrected chi connectivity index (χ2v) is 3.04. The number of hydrogen-bond donors (Lipinski definition) is 1. The van der Waals surface area contributed by atoms with Gasteiger partial charge in [0.2, 0.25) is 0 Å². The molecule has 1 aromatic heterocycles. The van der Waals surface area contributed by atoms with E-state index >= 15 is 0 Å². The van der Waals surface area contributed by atoms with E-state index < -0.39 is 23.7 Å². The molecule has 0 bridgehead atoms. The van der Waals surface area contributed by atoms with E-state index in [4.69, 9.17) is 5.11 Å². The summed E-state index contributed by atoms with van der Waals surface area (Å²) < 4.78 is 36.4. The third-order valence-corrected chi connectivity index (χ3v) is 2.20. The SMILES string of the molecule is Oc1cnc(C(F)F)c(I)c1F. The monoisotopic (exact) mass is 289 g/mol. The maximum Gasteiger partial charge on any atom is 0.281 e. The number of aromatic hydroxyl groups is 1. The first kappa shape index (κ1) is 9.56. The molecule has 12 heavy (non-hydrogen) atoms. The van der Waals surface area contributed by atoms with Crippen LogP contribution in [0.2, 0.25) is 0 Å². The van der Waals surface area contributed by atoms with Gasteiger partial charge in [-0.1, -0.05) is 0 Å². The molecule has 0 amide bonds. The fraction of sp³-hybridized carbons (Fsp3) is 0.167. The summed E-state index contributed by atoms with van der Waals surface area (Å²) in [6, 6.07) is 0. The Morgan fingerprint density at radius 2 is 2.08 bits per heavy atom. The standard InChI is InChI=1S/C6H3F3INO/c7-3-2(12)1-11-5(4(3)10)6(8)9/h1,6,12H. The van der Waals surface area contributed by atoms with E-state index in [0.717, 1.165) is 0 Å². The first-order chi connectivity index (χ1) is 5.54. The predicted octanol–water partition coefficient (Wildman–Crippen LogP) is 2.47. The lowest BCUT2D eigenvalue weighted by Gasteiger charge is -2.03. The van der Waals surface area contributed by atoms with Crippen molar-refractivity contribution in [3.8, 4) is 5.75 Å². The molecule has 0 aliphatic rings. The summed E-state index contributed by atoms with van der Waals surface area (Å²) in [7, 11) is 0. The minimum Gasteiger partial charge on any atom is -0.504 e. The van der Waals surface area contributed by atoms with E-state index in [9.17, 15) is 13.2 Å². The zero-order valence-electron chi connectivity index (χ0n) is 5.56. The summed E-state index contributed by atoms with van der Waals surface area (Å²) in [5, 5.41) is 8.72. The number of rotatable bonds is 1. The molecule has 0 unspecified atom stereocenters. The van der Waals surface area contributed by atoms with Crippen LogP contribution in [0, 0.1) is 9.39 Å². The maximum atomic E-state index is 12.7. The van der Waals surface area contributed by atoms with E-state index in [1.807, 2.05) is 0 Å². The average Bonchev–Trinajstić information content (AvgIpc) is 2.00. The molecule has 0 atom stereocenters. The Morgan fingerprint density at radius 1 is 1.50 bits per heavy atom. The number of halogens is 4. The molecule has 2 nitrogen and oxygen atoms in total. The Kier molecular flexibility index (Phi) is 2.76. The van der Waals surface area contributed by atoms with E-state index in [0.29, 0.717) is 6.20 Å². The Balaban J connectivity index is 3.27. The van der Waals surface area contributed by atoms with Gasteiger partial charge < -0.3 is 5.11 Å². The number of hydrogen-bond acceptors (Lipinski definition) is 2. The summed E-state index contributed by atoms with van der Waals surface area (Å²) in [5.41, 5.74) is -0.647. The Hall–Kier alpha value is -0.530. The van der Waals surface area contributed by atoms with Crippen LogP contribution < -0.4 is 0 Å². The van der Waals surface area contributed by atoms with E-state index in [1.165, 1.54) is 22.6 Å². The fourth-order valence-electron chi connectivity index (χ4n) is 0.621. The van der Waals surface area contributed by atoms with Crippen LogP contribution in [0.15, 0.2) is 6.20 Å². The normalized spacial score (nSPS) is 10.8. The van der Waals surface area contributed by atoms with Crippen molar-refractivity contribution in [3.63, 3.8) is 0 Å². The van der Waals surface area contributed by atoms with Gasteiger partial charge in [0.25, 0.3) is 6.43 Å². The second kappa shape index (κ2) is 3.46. The molecule has 6 heteroatoms. The Morgan fingerprint density at radius 3 is 2.58 bits per heavy atom. The van der Waals surface area contributed by atoms with Crippen LogP contribution in [-0.2, 0) is 0 Å². The lowest BCUT2D eigenvalue weighted by Crippen LogP contribution is -1.97. The molecule has 0 saturated heterocycles. The van der Waals surface area contributed by atoms with Crippen LogP contribution in [0.5, 0.6) is 5.75 Å². The zero-order valence-corrected chi connectivity index (χ0v) is 7.72. The largest absolute Gasteiger partial charge is 0.504 e. The van der Waals surface area contributed by atoms with Crippen LogP contribution >= 0.6 is 22.6 Å². The molecular formula is C6H3F3INO. The summed E-state index contributed by atoms with van der Waals surface area (Å²) in [6.45, 7) is 0. The van der Waals surface area contributed by atoms with Crippen LogP contribution in [-0.4, -0.2) is 10.1 Å². The Bertz CT molecular complexity index is 305. The molecule has 1 N–H and O–H groups in total. The minimum atomic E-state index is -2.83. The first-order valence-corrected chi connectivity index (χ1v) is 3.93. The van der Waals surface area contributed by atoms with Gasteiger partial charge >= 0.3 is 0 Å². The molecule has 0 radical (unpaired) electrons. The highest BCUT2D eigenvalue weighted by Gasteiger charge is 2.18. The van der Waals surface area contributed by atoms with Crippen molar-refractivity contribution in [2.75, 3.05) is 0 Å². The molecule has 0 saturated carbocycles. The Labute approximate surface area is 79.6 Å². The third-order valence-electron chi connectivity index (χ3n) is 1.18. The van der Waals surface area contributed by atoms with Crippen molar-refractivity contribution in [1.82, 2.24) is 4.98 Å². The molecule has 0 spiro atoms. The average molecular weight is 289 g/mol. The zero-order chi connectivity index (χ0) is 9.30. The van der Waals surface area contributed by atoms with Crippen molar-refractivity contribution < 1.29 is 18.3 Å². The number of aromatic nitrogens is 1. The second-order valence-electron chi connectivity index (χ2n) is 1.96. The van der Waals surface area contributed by atoms with Gasteiger partial charge in [0.1, 0.15) is 5.69 Å². The van der Waals surface area contributed by atoms with Gasteiger partial charge in [-0.05, 0) is 22.6 Å². The molecule has 0 fully saturated rings. The number of alkyl halides is 2. The highest BCUT2D eigenvalue weighted by Crippen LogP contribution is 2.28. The van der Waals surface area contributed by atoms with Crippen molar-refractivity contribution in [1.29, 1.82) is 0 Å². The molecule has 0 aliphatic carbocycles. The van der Waals surface area contributed by atoms with Gasteiger partial charge in [0, 0.05) is 0 Å². The molecule has 1 rings (SSSR count). The van der Waals surface area contributed by atoms with Gasteiger partial charge in [0.15, 0.2) is 11.6 Å². The maximum absolute atomic E-state index is 12.7. The van der Waals surface area contributed by atoms with Gasteiger partial charge in [0.05, 0.1) is 9.77 Å². The summed E-state index contributed by atoms with van der Waals surface area (Å²) in [6.07, 6.45) is -2.16. The summed E-state index contributed by atoms with van der Waals surface area (Å²) in [5.74, 6) is -1.77. The van der Waals surface area contributed by atoms with Crippen molar-refractivity contribution in [2.45, 2.75) is 6.43 Å². The summed E-state index contributed by atoms with van der Waals surface area (Å²) in [4.78, 5) is 3.19. The van der Waals surface area contributed by atoms with Crippen LogP contribution in [0.25, 0.3) is 0 Å². The predicted molar refractivity (Wildman–Crippen MR) is 43.5 cm³/mol. The summed E-state index contributed by atoms with van der Waals surface area (Å²) >= 11 is 1.37. The highest BCUT2D eigenvalue weighted by molar-refractivity contribution is 14.1. The van der Waals surface area contributed by atoms with Crippen molar-refractivity contribution >= 4 is 22.6 Å². The lowest BCUT2D eigenvalue weighted by molar-refractivity contribution is 0.144. The molecule has 0 aliphatic heterocycles. The first-order valence-electron chi connectivity index (χ1n) is 2.85. The smallest absolute Gasteiger partial charge is 0.281 e. The lowest BCUT2D eigenvalue weighted by atomic mass is 10.3. The van der Waals surface area contributed by atoms with E-state index in [2.05, 4.69) is 4.98 Å². The van der Waals surface area contributed by atoms with Gasteiger partial charge in [-0.3, -0.25) is 4.98 Å². The molecule has 66 valence electrons. The molecule has 0 aromatic carbocycles. The van der Waals surface area contributed by atoms with Crippen molar-refractivity contribution in [2.24, 2.45) is 0 Å². The highest BCUT2D eigenvalue weighted by atomic mass is 127. The van der Waals surface area contributed by atoms with Gasteiger partial charge in [-0.15, -0.1) is 0 Å². The van der Waals surface area contributed by atoms with Crippen LogP contribution in [0.3, 0.4) is 0 Å². The molecular weight excluding hydrogens is 286 g/mol. The quantitative estimate of drug-likeness (QED) is 0.806.